The van der Waals surface area contributed by atoms with Gasteiger partial charge in [0.15, 0.2) is 0 Å². The van der Waals surface area contributed by atoms with Crippen LogP contribution in [0.1, 0.15) is 48.0 Å². The second-order valence-electron chi connectivity index (χ2n) is 3.57. The van der Waals surface area contributed by atoms with Crippen LogP contribution < -0.4 is 0 Å². The molecule has 0 aliphatic rings. The van der Waals surface area contributed by atoms with E-state index >= 15 is 0 Å². The summed E-state index contributed by atoms with van der Waals surface area (Å²) in [7, 11) is 0. The molecule has 0 aromatic heterocycles. The van der Waals surface area contributed by atoms with Crippen LogP contribution in [0.3, 0.4) is 0 Å². The molecule has 0 bridgehead atoms. The largest absolute Gasteiger partial charge is 0.295 e. The summed E-state index contributed by atoms with van der Waals surface area (Å²) in [5, 5.41) is 0. The lowest BCUT2D eigenvalue weighted by atomic mass is 9.94. The molecule has 0 N–H and O–H groups in total. The van der Waals surface area contributed by atoms with Gasteiger partial charge in [-0.15, -0.1) is 0 Å². The van der Waals surface area contributed by atoms with E-state index in [0.717, 1.165) is 6.42 Å². The number of hydrogen-bond donors (Lipinski definition) is 0. The second-order valence-corrected chi connectivity index (χ2v) is 3.57. The van der Waals surface area contributed by atoms with Gasteiger partial charge in [0.1, 0.15) is 0 Å². The van der Waals surface area contributed by atoms with E-state index in [1.54, 1.807) is 0 Å². The van der Waals surface area contributed by atoms with Gasteiger partial charge >= 0.3 is 0 Å². The molecular weight excluding hydrogens is 134 g/mol. The minimum atomic E-state index is 0.0775. The molecule has 0 heterocycles. The summed E-state index contributed by atoms with van der Waals surface area (Å²) in [4.78, 5) is 4.01. The Hall–Kier alpha value is -0.330. The van der Waals surface area contributed by atoms with Crippen molar-refractivity contribution in [3.63, 3.8) is 0 Å². The number of rotatable bonds is 3. The molecule has 0 radical (unpaired) electrons. The molecule has 0 saturated heterocycles. The maximum atomic E-state index is 4.01. The molecule has 68 valence electrons. The van der Waals surface area contributed by atoms with E-state index in [1.165, 1.54) is 0 Å². The third kappa shape index (κ3) is 9.67. The molecule has 0 aliphatic heterocycles. The molecule has 0 aliphatic carbocycles. The smallest absolute Gasteiger partial charge is 0.0547 e. The molecule has 0 fully saturated rings. The van der Waals surface area contributed by atoms with Crippen LogP contribution in [0.4, 0.5) is 0 Å². The average Bonchev–Trinajstić information content (AvgIpc) is 1.90. The van der Waals surface area contributed by atoms with Crippen LogP contribution in [0.2, 0.25) is 0 Å². The topological polar surface area (TPSA) is 12.4 Å². The maximum absolute atomic E-state index is 4.01. The lowest BCUT2D eigenvalue weighted by molar-refractivity contribution is 0.405. The van der Waals surface area contributed by atoms with Gasteiger partial charge < -0.3 is 0 Å². The van der Waals surface area contributed by atoms with E-state index in [1.807, 2.05) is 13.8 Å². The highest BCUT2D eigenvalue weighted by Gasteiger charge is 2.15. The van der Waals surface area contributed by atoms with Crippen LogP contribution in [-0.2, 0) is 0 Å². The number of aliphatic imine (C=N–C) groups is 1. The fraction of sp³-hybridized carbons (Fsp3) is 0.900. The van der Waals surface area contributed by atoms with E-state index in [0.29, 0.717) is 5.92 Å². The zero-order valence-corrected chi connectivity index (χ0v) is 8.94. The molecule has 0 amide bonds. The Kier molecular flexibility index (Phi) is 7.70. The van der Waals surface area contributed by atoms with Gasteiger partial charge in [-0.1, -0.05) is 27.7 Å². The Morgan fingerprint density at radius 2 is 1.64 bits per heavy atom. The van der Waals surface area contributed by atoms with Crippen molar-refractivity contribution in [3.8, 4) is 0 Å². The molecule has 1 nitrogen and oxygen atoms in total. The molecule has 0 atom stereocenters. The normalized spacial score (nSPS) is 10.5. The third-order valence-corrected chi connectivity index (χ3v) is 1.34. The summed E-state index contributed by atoms with van der Waals surface area (Å²) < 4.78 is 0. The highest BCUT2D eigenvalue weighted by Crippen LogP contribution is 2.18. The molecule has 0 aromatic rings. The van der Waals surface area contributed by atoms with E-state index in [-0.39, 0.29) is 5.54 Å². The summed E-state index contributed by atoms with van der Waals surface area (Å²) in [5.74, 6) is 0.713. The molecule has 0 aromatic carbocycles. The second kappa shape index (κ2) is 6.38. The fourth-order valence-corrected chi connectivity index (χ4v) is 1.06. The van der Waals surface area contributed by atoms with Gasteiger partial charge in [-0.3, -0.25) is 4.99 Å². The zero-order valence-electron chi connectivity index (χ0n) is 8.94. The van der Waals surface area contributed by atoms with Crippen molar-refractivity contribution in [1.29, 1.82) is 0 Å². The molecule has 1 heteroatoms. The zero-order chi connectivity index (χ0) is 9.49. The quantitative estimate of drug-likeness (QED) is 0.556. The lowest BCUT2D eigenvalue weighted by Crippen LogP contribution is -2.18. The predicted molar refractivity (Wildman–Crippen MR) is 54.4 cm³/mol. The monoisotopic (exact) mass is 157 g/mol. The Morgan fingerprint density at radius 3 is 1.73 bits per heavy atom. The third-order valence-electron chi connectivity index (χ3n) is 1.34. The standard InChI is InChI=1S/C8H17N.C2H6/c1-7(2)6-8(3,4)9-5;1-2/h7H,5-6H2,1-4H3;1-2H3. The van der Waals surface area contributed by atoms with Gasteiger partial charge in [0, 0.05) is 0 Å². The van der Waals surface area contributed by atoms with Crippen LogP contribution >= 0.6 is 0 Å². The van der Waals surface area contributed by atoms with Crippen molar-refractivity contribution in [2.45, 2.75) is 53.5 Å². The van der Waals surface area contributed by atoms with Crippen LogP contribution in [0, 0.1) is 5.92 Å². The molecule has 0 saturated carbocycles. The van der Waals surface area contributed by atoms with Crippen LogP contribution in [-0.4, -0.2) is 12.3 Å². The van der Waals surface area contributed by atoms with Crippen molar-refractivity contribution in [1.82, 2.24) is 0 Å². The Morgan fingerprint density at radius 1 is 1.27 bits per heavy atom. The number of nitrogens with zero attached hydrogens (tertiary/aromatic N) is 1. The van der Waals surface area contributed by atoms with Crippen molar-refractivity contribution in [2.24, 2.45) is 10.9 Å². The van der Waals surface area contributed by atoms with Gasteiger partial charge in [-0.2, -0.15) is 0 Å². The highest BCUT2D eigenvalue weighted by atomic mass is 14.8. The van der Waals surface area contributed by atoms with Crippen molar-refractivity contribution in [2.75, 3.05) is 0 Å². The summed E-state index contributed by atoms with van der Waals surface area (Å²) in [6.45, 7) is 16.2. The summed E-state index contributed by atoms with van der Waals surface area (Å²) in [6, 6.07) is 0. The maximum Gasteiger partial charge on any atom is 0.0547 e. The number of hydrogen-bond acceptors (Lipinski definition) is 1. The first-order chi connectivity index (χ1) is 4.98. The first-order valence-electron chi connectivity index (χ1n) is 4.46. The Bertz CT molecular complexity index is 93.0. The molecule has 0 unspecified atom stereocenters. The fourth-order valence-electron chi connectivity index (χ4n) is 1.06. The van der Waals surface area contributed by atoms with Gasteiger partial charge in [0.05, 0.1) is 5.54 Å². The van der Waals surface area contributed by atoms with E-state index in [9.17, 15) is 0 Å². The average molecular weight is 157 g/mol. The van der Waals surface area contributed by atoms with Crippen molar-refractivity contribution in [3.05, 3.63) is 0 Å². The van der Waals surface area contributed by atoms with Gasteiger partial charge in [-0.25, -0.2) is 0 Å². The summed E-state index contributed by atoms with van der Waals surface area (Å²) in [5.41, 5.74) is 0.0775. The molecule has 0 spiro atoms. The molecule has 11 heavy (non-hydrogen) atoms. The van der Waals surface area contributed by atoms with E-state index in [4.69, 9.17) is 0 Å². The molecular formula is C10H23N. The van der Waals surface area contributed by atoms with Crippen molar-refractivity contribution < 1.29 is 0 Å². The van der Waals surface area contributed by atoms with Crippen LogP contribution in [0.5, 0.6) is 0 Å². The summed E-state index contributed by atoms with van der Waals surface area (Å²) >= 11 is 0. The first kappa shape index (κ1) is 13.3. The lowest BCUT2D eigenvalue weighted by Gasteiger charge is -2.20. The van der Waals surface area contributed by atoms with Gasteiger partial charge in [0.25, 0.3) is 0 Å². The van der Waals surface area contributed by atoms with E-state index in [2.05, 4.69) is 39.4 Å². The Balaban J connectivity index is 0. The minimum Gasteiger partial charge on any atom is -0.295 e. The highest BCUT2D eigenvalue weighted by molar-refractivity contribution is 5.25. The summed E-state index contributed by atoms with van der Waals surface area (Å²) in [6.07, 6.45) is 1.12. The SMILES string of the molecule is C=NC(C)(C)CC(C)C.CC. The van der Waals surface area contributed by atoms with Crippen LogP contribution in [0.15, 0.2) is 4.99 Å². The molecule has 0 rings (SSSR count). The first-order valence-corrected chi connectivity index (χ1v) is 4.46. The van der Waals surface area contributed by atoms with Gasteiger partial charge in [0.2, 0.25) is 0 Å². The Labute approximate surface area is 71.9 Å². The van der Waals surface area contributed by atoms with E-state index < -0.39 is 0 Å². The minimum absolute atomic E-state index is 0.0775. The van der Waals surface area contributed by atoms with Crippen molar-refractivity contribution >= 4 is 6.72 Å². The van der Waals surface area contributed by atoms with Crippen LogP contribution in [0.25, 0.3) is 0 Å². The predicted octanol–water partition coefficient (Wildman–Crippen LogP) is 3.54. The van der Waals surface area contributed by atoms with Gasteiger partial charge in [-0.05, 0) is 32.9 Å².